The number of halogens is 1. The number of carbonyl (C=O) groups excluding carboxylic acids is 2. The summed E-state index contributed by atoms with van der Waals surface area (Å²) in [4.78, 5) is 34.8. The zero-order chi connectivity index (χ0) is 25.9. The first-order valence-corrected chi connectivity index (χ1v) is 13.0. The number of amides is 2. The zero-order valence-corrected chi connectivity index (χ0v) is 21.6. The van der Waals surface area contributed by atoms with Crippen LogP contribution in [0.3, 0.4) is 0 Å². The third-order valence-electron chi connectivity index (χ3n) is 6.58. The van der Waals surface area contributed by atoms with Crippen LogP contribution < -0.4 is 19.4 Å². The summed E-state index contributed by atoms with van der Waals surface area (Å²) < 4.78 is 11.9. The lowest BCUT2D eigenvalue weighted by atomic mass is 9.90. The third-order valence-corrected chi connectivity index (χ3v) is 6.90. The second-order valence-electron chi connectivity index (χ2n) is 8.96. The Kier molecular flexibility index (Phi) is 7.35. The van der Waals surface area contributed by atoms with E-state index in [0.29, 0.717) is 35.4 Å². The molecule has 5 rings (SSSR count). The lowest BCUT2D eigenvalue weighted by Gasteiger charge is -2.29. The summed E-state index contributed by atoms with van der Waals surface area (Å²) in [5.41, 5.74) is 1.88. The molecule has 0 radical (unpaired) electrons. The molecule has 0 saturated carbocycles. The van der Waals surface area contributed by atoms with Gasteiger partial charge >= 0.3 is 0 Å². The Morgan fingerprint density at radius 3 is 2.38 bits per heavy atom. The number of nitrogens with zero attached hydrogens (tertiary/aromatic N) is 2. The van der Waals surface area contributed by atoms with Gasteiger partial charge in [-0.3, -0.25) is 14.4 Å². The van der Waals surface area contributed by atoms with E-state index in [4.69, 9.17) is 25.9 Å². The predicted octanol–water partition coefficient (Wildman–Crippen LogP) is 5.97. The summed E-state index contributed by atoms with van der Waals surface area (Å²) in [6, 6.07) is 21.4. The topological polar surface area (TPSA) is 68.3 Å². The van der Waals surface area contributed by atoms with Crippen LogP contribution in [-0.4, -0.2) is 31.1 Å². The van der Waals surface area contributed by atoms with E-state index in [1.807, 2.05) is 55.5 Å². The van der Waals surface area contributed by atoms with E-state index in [0.717, 1.165) is 29.0 Å². The molecule has 3 aromatic rings. The van der Waals surface area contributed by atoms with E-state index in [-0.39, 0.29) is 5.91 Å². The minimum atomic E-state index is -0.981. The SMILES string of the molecule is CCCCOc1ccc([C@@H]2[C@H]3C(=O)N(c4ccccc4Cl)C(=O)[C@@H]3ON2c2ccccc2)cc1OCC. The Hall–Kier alpha value is -3.55. The second-order valence-corrected chi connectivity index (χ2v) is 9.37. The van der Waals surface area contributed by atoms with Gasteiger partial charge in [0.15, 0.2) is 17.6 Å². The van der Waals surface area contributed by atoms with Crippen LogP contribution >= 0.6 is 11.6 Å². The van der Waals surface area contributed by atoms with Crippen molar-refractivity contribution in [2.75, 3.05) is 23.2 Å². The number of ether oxygens (including phenoxy) is 2. The van der Waals surface area contributed by atoms with E-state index in [1.165, 1.54) is 0 Å². The first kappa shape index (κ1) is 25.1. The van der Waals surface area contributed by atoms with Gasteiger partial charge in [0.2, 0.25) is 5.91 Å². The molecule has 37 heavy (non-hydrogen) atoms. The molecule has 0 aromatic heterocycles. The molecule has 0 N–H and O–H groups in total. The largest absolute Gasteiger partial charge is 0.490 e. The fourth-order valence-electron chi connectivity index (χ4n) is 4.85. The summed E-state index contributed by atoms with van der Waals surface area (Å²) in [5, 5.41) is 1.99. The minimum absolute atomic E-state index is 0.327. The fraction of sp³-hybridized carbons (Fsp3) is 0.310. The van der Waals surface area contributed by atoms with E-state index < -0.39 is 24.0 Å². The number of rotatable bonds is 9. The molecule has 2 heterocycles. The monoisotopic (exact) mass is 520 g/mol. The molecule has 2 fully saturated rings. The number of hydrogen-bond acceptors (Lipinski definition) is 6. The average Bonchev–Trinajstić information content (AvgIpc) is 3.42. The van der Waals surface area contributed by atoms with Crippen molar-refractivity contribution < 1.29 is 23.9 Å². The summed E-state index contributed by atoms with van der Waals surface area (Å²) >= 11 is 6.37. The number of hydrogen-bond donors (Lipinski definition) is 0. The van der Waals surface area contributed by atoms with E-state index in [2.05, 4.69) is 6.92 Å². The molecular formula is C29H29ClN2O5. The van der Waals surface area contributed by atoms with Crippen LogP contribution in [0.15, 0.2) is 72.8 Å². The van der Waals surface area contributed by atoms with Crippen LogP contribution in [-0.2, 0) is 14.4 Å². The maximum Gasteiger partial charge on any atom is 0.266 e. The Balaban J connectivity index is 1.56. The Labute approximate surface area is 221 Å². The molecule has 0 spiro atoms. The smallest absolute Gasteiger partial charge is 0.266 e. The molecule has 2 amide bonds. The van der Waals surface area contributed by atoms with Crippen LogP contribution in [0, 0.1) is 5.92 Å². The molecule has 192 valence electrons. The van der Waals surface area contributed by atoms with Gasteiger partial charge < -0.3 is 9.47 Å². The number of hydroxylamine groups is 1. The summed E-state index contributed by atoms with van der Waals surface area (Å²) in [6.45, 7) is 5.06. The van der Waals surface area contributed by atoms with Gasteiger partial charge in [-0.2, -0.15) is 0 Å². The van der Waals surface area contributed by atoms with Crippen molar-refractivity contribution in [3.63, 3.8) is 0 Å². The Morgan fingerprint density at radius 1 is 0.892 bits per heavy atom. The van der Waals surface area contributed by atoms with Crippen molar-refractivity contribution >= 4 is 34.8 Å². The molecule has 2 aliphatic rings. The van der Waals surface area contributed by atoms with Gasteiger partial charge in [-0.25, -0.2) is 9.96 Å². The lowest BCUT2D eigenvalue weighted by molar-refractivity contribution is -0.126. The van der Waals surface area contributed by atoms with Gasteiger partial charge in [0.05, 0.1) is 35.7 Å². The quantitative estimate of drug-likeness (QED) is 0.256. The fourth-order valence-corrected chi connectivity index (χ4v) is 5.07. The van der Waals surface area contributed by atoms with Crippen LogP contribution in [0.1, 0.15) is 38.3 Å². The van der Waals surface area contributed by atoms with Crippen LogP contribution in [0.25, 0.3) is 0 Å². The first-order valence-electron chi connectivity index (χ1n) is 12.6. The zero-order valence-electron chi connectivity index (χ0n) is 20.8. The van der Waals surface area contributed by atoms with Gasteiger partial charge in [-0.1, -0.05) is 61.3 Å². The predicted molar refractivity (Wildman–Crippen MR) is 142 cm³/mol. The number of anilines is 2. The van der Waals surface area contributed by atoms with Crippen molar-refractivity contribution in [1.29, 1.82) is 0 Å². The van der Waals surface area contributed by atoms with Crippen molar-refractivity contribution in [3.05, 3.63) is 83.4 Å². The molecule has 8 heteroatoms. The van der Waals surface area contributed by atoms with E-state index >= 15 is 0 Å². The Morgan fingerprint density at radius 2 is 1.65 bits per heavy atom. The molecule has 0 unspecified atom stereocenters. The number of carbonyl (C=O) groups is 2. The lowest BCUT2D eigenvalue weighted by Crippen LogP contribution is -2.37. The van der Waals surface area contributed by atoms with Crippen LogP contribution in [0.5, 0.6) is 11.5 Å². The highest BCUT2D eigenvalue weighted by molar-refractivity contribution is 6.36. The maximum absolute atomic E-state index is 13.8. The summed E-state index contributed by atoms with van der Waals surface area (Å²) in [6.07, 6.45) is 0.975. The van der Waals surface area contributed by atoms with Crippen LogP contribution in [0.4, 0.5) is 11.4 Å². The van der Waals surface area contributed by atoms with Crippen molar-refractivity contribution in [2.45, 2.75) is 38.8 Å². The molecule has 3 aromatic carbocycles. The summed E-state index contributed by atoms with van der Waals surface area (Å²) in [5.74, 6) is -0.325. The van der Waals surface area contributed by atoms with Gasteiger partial charge in [0, 0.05) is 0 Å². The van der Waals surface area contributed by atoms with Crippen molar-refractivity contribution in [2.24, 2.45) is 5.92 Å². The highest BCUT2D eigenvalue weighted by Gasteiger charge is 2.60. The van der Waals surface area contributed by atoms with Crippen LogP contribution in [0.2, 0.25) is 5.02 Å². The highest BCUT2D eigenvalue weighted by Crippen LogP contribution is 2.49. The molecule has 0 bridgehead atoms. The third kappa shape index (κ3) is 4.65. The summed E-state index contributed by atoms with van der Waals surface area (Å²) in [7, 11) is 0. The number of fused-ring (bicyclic) bond motifs is 1. The molecule has 3 atom stereocenters. The van der Waals surface area contributed by atoms with Crippen molar-refractivity contribution in [1.82, 2.24) is 0 Å². The first-order chi connectivity index (χ1) is 18.0. The Bertz CT molecular complexity index is 1280. The second kappa shape index (κ2) is 10.8. The van der Waals surface area contributed by atoms with Crippen molar-refractivity contribution in [3.8, 4) is 11.5 Å². The average molecular weight is 521 g/mol. The standard InChI is InChI=1S/C29H29ClN2O5/c1-3-5-17-36-23-16-15-19(18-24(23)35-4-2)26-25-27(37-32(26)20-11-7-6-8-12-20)29(34)31(28(25)33)22-14-10-9-13-21(22)30/h6-16,18,25-27H,3-5,17H2,1-2H3/t25-,26-,27-/m1/s1. The molecule has 7 nitrogen and oxygen atoms in total. The number of unbranched alkanes of at least 4 members (excludes halogenated alkanes) is 1. The minimum Gasteiger partial charge on any atom is -0.490 e. The van der Waals surface area contributed by atoms with Gasteiger partial charge in [-0.05, 0) is 55.3 Å². The normalized spacial score (nSPS) is 20.9. The van der Waals surface area contributed by atoms with E-state index in [9.17, 15) is 9.59 Å². The molecule has 2 aliphatic heterocycles. The van der Waals surface area contributed by atoms with Gasteiger partial charge in [0.1, 0.15) is 5.92 Å². The van der Waals surface area contributed by atoms with Gasteiger partial charge in [0.25, 0.3) is 5.91 Å². The molecular weight excluding hydrogens is 492 g/mol. The number of imide groups is 1. The van der Waals surface area contributed by atoms with E-state index in [1.54, 1.807) is 29.3 Å². The number of para-hydroxylation sites is 2. The molecule has 0 aliphatic carbocycles. The highest BCUT2D eigenvalue weighted by atomic mass is 35.5. The molecule has 2 saturated heterocycles. The maximum atomic E-state index is 13.8. The number of benzene rings is 3. The van der Waals surface area contributed by atoms with Gasteiger partial charge in [-0.15, -0.1) is 0 Å².